The summed E-state index contributed by atoms with van der Waals surface area (Å²) in [5.74, 6) is 0.631. The number of amides is 1. The number of carbonyl (C=O) groups is 1. The highest BCUT2D eigenvalue weighted by molar-refractivity contribution is 7.89. The first kappa shape index (κ1) is 19.2. The summed E-state index contributed by atoms with van der Waals surface area (Å²) in [5.41, 5.74) is 2.16. The van der Waals surface area contributed by atoms with Crippen molar-refractivity contribution < 1.29 is 13.2 Å². The van der Waals surface area contributed by atoms with Gasteiger partial charge in [-0.05, 0) is 54.8 Å². The van der Waals surface area contributed by atoms with Gasteiger partial charge in [-0.3, -0.25) is 4.79 Å². The van der Waals surface area contributed by atoms with Crippen molar-refractivity contribution in [3.05, 3.63) is 66.1 Å². The molecule has 2 fully saturated rings. The molecule has 5 rings (SSSR count). The molecule has 1 aromatic carbocycles. The minimum Gasteiger partial charge on any atom is -0.348 e. The van der Waals surface area contributed by atoms with Crippen molar-refractivity contribution in [1.29, 1.82) is 0 Å². The summed E-state index contributed by atoms with van der Waals surface area (Å²) in [6, 6.07) is 10.3. The first-order chi connectivity index (χ1) is 14.5. The lowest BCUT2D eigenvalue weighted by Crippen LogP contribution is -2.32. The lowest BCUT2D eigenvalue weighted by molar-refractivity contribution is 0.0950. The monoisotopic (exact) mass is 425 g/mol. The van der Waals surface area contributed by atoms with Gasteiger partial charge in [-0.1, -0.05) is 12.1 Å². The Morgan fingerprint density at radius 2 is 1.83 bits per heavy atom. The molecule has 30 heavy (non-hydrogen) atoms. The quantitative estimate of drug-likeness (QED) is 0.638. The van der Waals surface area contributed by atoms with Crippen LogP contribution in [0, 0.1) is 11.8 Å². The van der Waals surface area contributed by atoms with E-state index in [-0.39, 0.29) is 5.91 Å². The number of nitrogens with one attached hydrogen (secondary N) is 2. The molecule has 2 atom stereocenters. The van der Waals surface area contributed by atoms with E-state index in [4.69, 9.17) is 0 Å². The Balaban J connectivity index is 1.23. The number of sulfonamides is 1. The topological polar surface area (TPSA) is 95.8 Å². The molecule has 2 aromatic heterocycles. The van der Waals surface area contributed by atoms with Crippen molar-refractivity contribution >= 4 is 21.6 Å². The van der Waals surface area contributed by atoms with Crippen LogP contribution in [0.3, 0.4) is 0 Å². The summed E-state index contributed by atoms with van der Waals surface area (Å²) < 4.78 is 29.3. The molecule has 0 bridgehead atoms. The summed E-state index contributed by atoms with van der Waals surface area (Å²) in [7, 11) is -3.48. The number of carbonyl (C=O) groups excluding carboxylic acids is 1. The lowest BCUT2D eigenvalue weighted by atomic mass is 10.0. The molecule has 2 aliphatic rings. The van der Waals surface area contributed by atoms with Crippen molar-refractivity contribution in [3.8, 4) is 0 Å². The van der Waals surface area contributed by atoms with Gasteiger partial charge < -0.3 is 15.0 Å². The van der Waals surface area contributed by atoms with E-state index in [1.165, 1.54) is 0 Å². The number of fused-ring (bicyclic) bond motifs is 2. The Morgan fingerprint density at radius 3 is 2.57 bits per heavy atom. The summed E-state index contributed by atoms with van der Waals surface area (Å²) in [6.45, 7) is 3.27. The highest BCUT2D eigenvalue weighted by Gasteiger charge is 2.41. The summed E-state index contributed by atoms with van der Waals surface area (Å²) in [6.07, 6.45) is 5.20. The zero-order chi connectivity index (χ0) is 20.7. The zero-order valence-electron chi connectivity index (χ0n) is 16.4. The molecule has 2 aliphatic heterocycles. The van der Waals surface area contributed by atoms with Gasteiger partial charge in [0, 0.05) is 38.2 Å². The van der Waals surface area contributed by atoms with Crippen LogP contribution in [0.2, 0.25) is 0 Å². The van der Waals surface area contributed by atoms with E-state index in [0.29, 0.717) is 41.9 Å². The Hall–Kier alpha value is -2.75. The smallest absolute Gasteiger partial charge is 0.253 e. The normalized spacial score (nSPS) is 21.7. The van der Waals surface area contributed by atoms with Gasteiger partial charge in [-0.15, -0.1) is 0 Å². The van der Waals surface area contributed by atoms with E-state index in [9.17, 15) is 13.2 Å². The van der Waals surface area contributed by atoms with Crippen LogP contribution in [-0.4, -0.2) is 54.2 Å². The minimum atomic E-state index is -3.48. The molecule has 4 heterocycles. The molecule has 2 N–H and O–H groups in total. The number of hydrogen-bond donors (Lipinski definition) is 2. The van der Waals surface area contributed by atoms with Crippen LogP contribution >= 0.6 is 0 Å². The molecular formula is C21H23N5O3S. The van der Waals surface area contributed by atoms with Gasteiger partial charge >= 0.3 is 0 Å². The summed E-state index contributed by atoms with van der Waals surface area (Å²) in [5, 5.41) is 6.20. The SMILES string of the molecule is O=C(NCc1ccc(S(=O)(=O)N2CC3CNCC3C2)cc1)c1ccc2nccn2c1. The van der Waals surface area contributed by atoms with E-state index in [0.717, 1.165) is 24.3 Å². The van der Waals surface area contributed by atoms with Crippen LogP contribution in [0.15, 0.2) is 59.9 Å². The fraction of sp³-hybridized carbons (Fsp3) is 0.333. The lowest BCUT2D eigenvalue weighted by Gasteiger charge is -2.17. The van der Waals surface area contributed by atoms with Crippen molar-refractivity contribution in [2.45, 2.75) is 11.4 Å². The fourth-order valence-corrected chi connectivity index (χ4v) is 5.83. The molecule has 0 spiro atoms. The van der Waals surface area contributed by atoms with E-state index < -0.39 is 10.0 Å². The first-order valence-electron chi connectivity index (χ1n) is 10.0. The first-order valence-corrected chi connectivity index (χ1v) is 11.5. The maximum atomic E-state index is 12.9. The van der Waals surface area contributed by atoms with E-state index in [1.807, 2.05) is 0 Å². The van der Waals surface area contributed by atoms with Crippen LogP contribution in [-0.2, 0) is 16.6 Å². The van der Waals surface area contributed by atoms with Gasteiger partial charge in [-0.25, -0.2) is 13.4 Å². The molecule has 1 amide bonds. The van der Waals surface area contributed by atoms with Crippen LogP contribution in [0.25, 0.3) is 5.65 Å². The van der Waals surface area contributed by atoms with Crippen LogP contribution in [0.4, 0.5) is 0 Å². The number of pyridine rings is 1. The predicted octanol–water partition coefficient (Wildman–Crippen LogP) is 1.10. The summed E-state index contributed by atoms with van der Waals surface area (Å²) in [4.78, 5) is 16.9. The van der Waals surface area contributed by atoms with E-state index in [1.54, 1.807) is 63.7 Å². The van der Waals surface area contributed by atoms with Crippen molar-refractivity contribution in [3.63, 3.8) is 0 Å². The second-order valence-corrected chi connectivity index (χ2v) is 9.88. The van der Waals surface area contributed by atoms with Crippen LogP contribution < -0.4 is 10.6 Å². The molecular weight excluding hydrogens is 402 g/mol. The third kappa shape index (κ3) is 3.49. The molecule has 9 heteroatoms. The van der Waals surface area contributed by atoms with Gasteiger partial charge in [0.05, 0.1) is 10.5 Å². The molecule has 0 aliphatic carbocycles. The van der Waals surface area contributed by atoms with Gasteiger partial charge in [0.25, 0.3) is 5.91 Å². The molecule has 2 saturated heterocycles. The van der Waals surface area contributed by atoms with Gasteiger partial charge in [0.2, 0.25) is 10.0 Å². The highest BCUT2D eigenvalue weighted by atomic mass is 32.2. The molecule has 0 radical (unpaired) electrons. The molecule has 156 valence electrons. The number of imidazole rings is 1. The van der Waals surface area contributed by atoms with E-state index >= 15 is 0 Å². The second kappa shape index (κ2) is 7.50. The Bertz CT molecular complexity index is 1180. The Kier molecular flexibility index (Phi) is 4.80. The second-order valence-electron chi connectivity index (χ2n) is 7.94. The fourth-order valence-electron chi connectivity index (χ4n) is 4.28. The van der Waals surface area contributed by atoms with Crippen molar-refractivity contribution in [1.82, 2.24) is 24.3 Å². The Labute approximate surface area is 175 Å². The molecule has 2 unspecified atom stereocenters. The van der Waals surface area contributed by atoms with Crippen molar-refractivity contribution in [2.75, 3.05) is 26.2 Å². The Morgan fingerprint density at radius 1 is 1.10 bits per heavy atom. The number of aromatic nitrogens is 2. The minimum absolute atomic E-state index is 0.195. The average Bonchev–Trinajstić information content (AvgIpc) is 3.47. The highest BCUT2D eigenvalue weighted by Crippen LogP contribution is 2.30. The number of rotatable bonds is 5. The zero-order valence-corrected chi connectivity index (χ0v) is 17.2. The third-order valence-electron chi connectivity index (χ3n) is 6.02. The number of hydrogen-bond acceptors (Lipinski definition) is 5. The third-order valence-corrected chi connectivity index (χ3v) is 7.87. The largest absolute Gasteiger partial charge is 0.348 e. The van der Waals surface area contributed by atoms with Gasteiger partial charge in [-0.2, -0.15) is 4.31 Å². The predicted molar refractivity (Wildman–Crippen MR) is 111 cm³/mol. The standard InChI is InChI=1S/C21H23N5O3S/c27-21(16-3-6-20-23-7-8-25(20)12-16)24-9-15-1-4-19(5-2-15)30(28,29)26-13-17-10-22-11-18(17)14-26/h1-8,12,17-18,22H,9-11,13-14H2,(H,24,27). The molecule has 3 aromatic rings. The maximum absolute atomic E-state index is 12.9. The van der Waals surface area contributed by atoms with Gasteiger partial charge in [0.1, 0.15) is 5.65 Å². The maximum Gasteiger partial charge on any atom is 0.253 e. The average molecular weight is 426 g/mol. The number of nitrogens with zero attached hydrogens (tertiary/aromatic N) is 3. The molecule has 0 saturated carbocycles. The van der Waals surface area contributed by atoms with Crippen molar-refractivity contribution in [2.24, 2.45) is 11.8 Å². The summed E-state index contributed by atoms with van der Waals surface area (Å²) >= 11 is 0. The van der Waals surface area contributed by atoms with Gasteiger partial charge in [0.15, 0.2) is 0 Å². The van der Waals surface area contributed by atoms with E-state index in [2.05, 4.69) is 15.6 Å². The van der Waals surface area contributed by atoms with Crippen LogP contribution in [0.5, 0.6) is 0 Å². The molecule has 8 nitrogen and oxygen atoms in total. The van der Waals surface area contributed by atoms with Crippen LogP contribution in [0.1, 0.15) is 15.9 Å². The number of benzene rings is 1.